The Hall–Kier alpha value is -7.33. The molecule has 0 aliphatic rings. The van der Waals surface area contributed by atoms with E-state index in [-0.39, 0.29) is 6.10 Å². The third-order valence-corrected chi connectivity index (χ3v) is 31.9. The van der Waals surface area contributed by atoms with E-state index in [0.29, 0.717) is 23.8 Å². The second kappa shape index (κ2) is 64.6. The summed E-state index contributed by atoms with van der Waals surface area (Å²) in [4.78, 5) is 37.0. The lowest BCUT2D eigenvalue weighted by Gasteiger charge is -2.13. The highest BCUT2D eigenvalue weighted by Gasteiger charge is 2.15. The normalized spacial score (nSPS) is 11.7. The molecule has 13 nitrogen and oxygen atoms in total. The van der Waals surface area contributed by atoms with E-state index in [1.165, 1.54) is 200 Å². The zero-order valence-corrected chi connectivity index (χ0v) is 89.1. The Bertz CT molecular complexity index is 5520. The number of rotatable bonds is 47. The van der Waals surface area contributed by atoms with E-state index < -0.39 is 0 Å². The summed E-state index contributed by atoms with van der Waals surface area (Å²) in [5.74, 6) is 3.81. The van der Waals surface area contributed by atoms with Crippen molar-refractivity contribution in [1.29, 1.82) is 0 Å². The van der Waals surface area contributed by atoms with Crippen molar-refractivity contribution in [2.45, 2.75) is 288 Å². The first-order chi connectivity index (χ1) is 64.7. The number of aromatic nitrogens is 8. The Labute approximate surface area is 832 Å². The highest BCUT2D eigenvalue weighted by Crippen LogP contribution is 2.36. The Morgan fingerprint density at radius 2 is 0.697 bits per heavy atom. The van der Waals surface area contributed by atoms with Gasteiger partial charge in [-0.1, -0.05) is 388 Å². The number of fused-ring (bicyclic) bond motifs is 8. The van der Waals surface area contributed by atoms with Gasteiger partial charge in [0.05, 0.1) is 106 Å². The molecule has 8 aromatic heterocycles. The molecule has 0 aliphatic heterocycles. The Morgan fingerprint density at radius 1 is 0.341 bits per heavy atom. The molecule has 0 saturated carbocycles. The second-order valence-corrected chi connectivity index (χ2v) is 45.0. The molecule has 0 spiro atoms. The van der Waals surface area contributed by atoms with Gasteiger partial charge in [-0.25, -0.2) is 39.9 Å². The van der Waals surface area contributed by atoms with Crippen LogP contribution in [0.5, 0.6) is 26.0 Å². The first-order valence-electron chi connectivity index (χ1n) is 48.1. The fourth-order valence-corrected chi connectivity index (χ4v) is 24.0. The second-order valence-electron chi connectivity index (χ2n) is 33.0. The maximum atomic E-state index is 5.90. The molecular formula is C108H142N8O5S11. The summed E-state index contributed by atoms with van der Waals surface area (Å²) in [6.07, 6.45) is 42.9. The van der Waals surface area contributed by atoms with Crippen molar-refractivity contribution < 1.29 is 23.7 Å². The van der Waals surface area contributed by atoms with E-state index in [4.69, 9.17) is 28.7 Å². The molecule has 3 unspecified atom stereocenters. The monoisotopic (exact) mass is 1980 g/mol. The summed E-state index contributed by atoms with van der Waals surface area (Å²) < 4.78 is 40.6. The lowest BCUT2D eigenvalue weighted by Crippen LogP contribution is -2.14. The number of ether oxygens (including phenoxy) is 5. The number of thiazole rings is 8. The average Bonchev–Trinajstić information content (AvgIpc) is 1.77. The summed E-state index contributed by atoms with van der Waals surface area (Å²) in [6, 6.07) is 63.8. The largest absolute Gasteiger partial charge is 0.470 e. The molecule has 0 aliphatic carbocycles. The molecule has 0 fully saturated rings. The molecule has 0 amide bonds. The summed E-state index contributed by atoms with van der Waals surface area (Å²) in [5, 5.41) is 5.06. The molecule has 0 bridgehead atoms. The number of aryl methyl sites for hydroxylation is 1. The van der Waals surface area contributed by atoms with E-state index >= 15 is 0 Å². The average molecular weight is 1990 g/mol. The van der Waals surface area contributed by atoms with Crippen LogP contribution in [-0.4, -0.2) is 89.7 Å². The summed E-state index contributed by atoms with van der Waals surface area (Å²) in [5.41, 5.74) is 8.54. The predicted octanol–water partition coefficient (Wildman–Crippen LogP) is 37.1. The molecule has 132 heavy (non-hydrogen) atoms. The molecule has 24 heteroatoms. The predicted molar refractivity (Wildman–Crippen MR) is 588 cm³/mol. The van der Waals surface area contributed by atoms with Crippen LogP contribution in [0.4, 0.5) is 0 Å². The summed E-state index contributed by atoms with van der Waals surface area (Å²) in [6.45, 7) is 29.9. The van der Waals surface area contributed by atoms with E-state index in [1.54, 1.807) is 97.2 Å². The van der Waals surface area contributed by atoms with Crippen molar-refractivity contribution in [3.63, 3.8) is 0 Å². The number of thioether (sulfide) groups is 3. The maximum Gasteiger partial charge on any atom is 0.274 e. The number of hydrogen-bond donors (Lipinski definition) is 0. The van der Waals surface area contributed by atoms with Crippen LogP contribution in [0.2, 0.25) is 0 Å². The Morgan fingerprint density at radius 3 is 1.08 bits per heavy atom. The van der Waals surface area contributed by atoms with E-state index in [0.717, 1.165) is 138 Å². The molecule has 8 heterocycles. The van der Waals surface area contributed by atoms with E-state index in [2.05, 4.69) is 202 Å². The smallest absolute Gasteiger partial charge is 0.274 e. The van der Waals surface area contributed by atoms with Crippen LogP contribution in [-0.2, 0) is 0 Å². The maximum absolute atomic E-state index is 5.90. The minimum absolute atomic E-state index is 0.237. The van der Waals surface area contributed by atoms with Gasteiger partial charge in [0.15, 0.2) is 8.68 Å². The van der Waals surface area contributed by atoms with Crippen molar-refractivity contribution in [3.8, 4) is 26.0 Å². The van der Waals surface area contributed by atoms with Gasteiger partial charge in [-0.3, -0.25) is 0 Å². The first kappa shape index (κ1) is 108. The van der Waals surface area contributed by atoms with Gasteiger partial charge in [-0.2, -0.15) is 0 Å². The minimum Gasteiger partial charge on any atom is -0.470 e. The standard InChI is InChI=1S/C26H43NS2.C15H21NOS.3C13H17NOS.C10H9NOS.2C9H9NS2/c1-3-4-5-6-7-8-9-10-11-12-13-14-15-18-23(2)21-22-28-26-27-24-19-16-17-20-25(24)29-26;1-2-3-4-5-6-9-12-17-15-16-13-10-7-8-11-14(13)18-15;1-9(2)8-10(3)15-13-14-11-6-4-5-7-12(11)16-13;1-3-7-10(4-2)15-13-14-11-8-5-6-9-12(11)16-13;1-2-3-4-7-10-15-13-14-11-8-5-6-9-12(11)16-13;1-2-7-12-10-11-8-5-3-4-6-9(8)13-10;1-6-10-8-5-7(11-2)3-4-9(8)12-6;1-2-11-9-10-7-5-3-4-6-8(7)12-9/h16-17,19-20,23H,3-15,18,21-22H2,1-2H3;7-8,10-11H,2-6,9,12H2,1H3;4-7,9-10H,8H2,1-3H3;5-6,8-10H,3-4,7H2,1-2H3;5-6,8-9H,2-4,7,10H2,1H3;2-6H,1,7H2;3-5H,1-2H3;3-6H,2H2,1H3. The van der Waals surface area contributed by atoms with Crippen molar-refractivity contribution in [1.82, 2.24) is 39.9 Å². The number of benzene rings is 8. The SMILES string of the molecule is C=CCOc1nc2ccccc2s1.CC(C)CC(C)Oc1nc2ccccc2s1.CCCC(CC)Oc1nc2ccccc2s1.CCCCCCCCCCCCCCCC(C)CCSc1nc2ccccc2s1.CCCCCCCCOc1nc2ccccc2s1.CCCCCCOc1nc2ccccc2s1.CCSc1nc2ccccc2s1.CSc1ccc2sc(C)nc2c1. The van der Waals surface area contributed by atoms with Crippen LogP contribution in [0.1, 0.15) is 260 Å². The molecule has 16 rings (SSSR count). The fraction of sp³-hybridized carbons (Fsp3) is 0.463. The van der Waals surface area contributed by atoms with Crippen molar-refractivity contribution in [2.75, 3.05) is 37.6 Å². The van der Waals surface area contributed by atoms with Crippen LogP contribution < -0.4 is 23.7 Å². The third kappa shape index (κ3) is 41.3. The fourth-order valence-electron chi connectivity index (χ4n) is 14.2. The molecular weight excluding hydrogens is 1840 g/mol. The number of unbranched alkanes of at least 4 members (excludes halogenated alkanes) is 20. The lowest BCUT2D eigenvalue weighted by molar-refractivity contribution is 0.185. The molecule has 710 valence electrons. The van der Waals surface area contributed by atoms with Gasteiger partial charge in [0.1, 0.15) is 12.7 Å². The number of para-hydroxylation sites is 7. The number of hydrogen-bond acceptors (Lipinski definition) is 24. The zero-order valence-electron chi connectivity index (χ0n) is 80.1. The van der Waals surface area contributed by atoms with Crippen LogP contribution in [0.25, 0.3) is 81.7 Å². The van der Waals surface area contributed by atoms with Gasteiger partial charge >= 0.3 is 0 Å². The van der Waals surface area contributed by atoms with Gasteiger partial charge in [-0.05, 0) is 179 Å². The Balaban J connectivity index is 0.000000172. The van der Waals surface area contributed by atoms with Gasteiger partial charge in [0, 0.05) is 10.6 Å². The van der Waals surface area contributed by atoms with E-state index in [1.807, 2.05) is 145 Å². The molecule has 8 aromatic carbocycles. The lowest BCUT2D eigenvalue weighted by atomic mass is 9.99. The summed E-state index contributed by atoms with van der Waals surface area (Å²) >= 11 is 18.9. The minimum atomic E-state index is 0.237. The molecule has 3 atom stereocenters. The van der Waals surface area contributed by atoms with Crippen molar-refractivity contribution in [3.05, 3.63) is 206 Å². The quantitative estimate of drug-likeness (QED) is 0.0202. The molecule has 0 saturated heterocycles. The van der Waals surface area contributed by atoms with Crippen LogP contribution in [0.15, 0.2) is 214 Å². The Kier molecular flexibility index (Phi) is 53.1. The highest BCUT2D eigenvalue weighted by atomic mass is 32.2. The van der Waals surface area contributed by atoms with Crippen LogP contribution in [0.3, 0.4) is 0 Å². The van der Waals surface area contributed by atoms with Crippen molar-refractivity contribution in [2.24, 2.45) is 11.8 Å². The topological polar surface area (TPSA) is 149 Å². The molecule has 0 N–H and O–H groups in total. The van der Waals surface area contributed by atoms with Gasteiger partial charge in [0.25, 0.3) is 26.0 Å². The van der Waals surface area contributed by atoms with Gasteiger partial charge in [0.2, 0.25) is 0 Å². The molecule has 0 radical (unpaired) electrons. The zero-order chi connectivity index (χ0) is 93.4. The van der Waals surface area contributed by atoms with Gasteiger partial charge in [-0.15, -0.1) is 45.8 Å². The van der Waals surface area contributed by atoms with E-state index in [9.17, 15) is 0 Å². The third-order valence-electron chi connectivity index (χ3n) is 21.2. The first-order valence-corrected chi connectivity index (χ1v) is 57.9. The number of nitrogens with zero attached hydrogens (tertiary/aromatic N) is 8. The van der Waals surface area contributed by atoms with Crippen LogP contribution in [0, 0.1) is 18.8 Å². The van der Waals surface area contributed by atoms with Crippen LogP contribution >= 0.6 is 126 Å². The van der Waals surface area contributed by atoms with Gasteiger partial charge < -0.3 is 23.7 Å². The van der Waals surface area contributed by atoms with Crippen molar-refractivity contribution >= 4 is 208 Å². The summed E-state index contributed by atoms with van der Waals surface area (Å²) in [7, 11) is 0. The highest BCUT2D eigenvalue weighted by molar-refractivity contribution is 8.01. The molecule has 16 aromatic rings.